The summed E-state index contributed by atoms with van der Waals surface area (Å²) in [7, 11) is 0. The first kappa shape index (κ1) is 11.0. The predicted octanol–water partition coefficient (Wildman–Crippen LogP) is 4.25. The monoisotopic (exact) mass is 280 g/mol. The van der Waals surface area contributed by atoms with Gasteiger partial charge in [-0.2, -0.15) is 14.0 Å². The van der Waals surface area contributed by atoms with Gasteiger partial charge in [0.05, 0.1) is 11.6 Å². The molecule has 0 amide bonds. The number of halogens is 3. The molecule has 0 aromatic heterocycles. The van der Waals surface area contributed by atoms with Gasteiger partial charge in [-0.05, 0) is 35.0 Å². The Labute approximate surface area is 99.4 Å². The lowest BCUT2D eigenvalue weighted by atomic mass is 10.0. The van der Waals surface area contributed by atoms with Gasteiger partial charge in [0.25, 0.3) is 0 Å². The maximum Gasteiger partial charge on any atom is 0.340 e. The second-order valence-electron chi connectivity index (χ2n) is 3.27. The molecule has 1 nitrogen and oxygen atoms in total. The fourth-order valence-electron chi connectivity index (χ4n) is 1.48. The summed E-state index contributed by atoms with van der Waals surface area (Å²) >= 11 is 3.08. The number of nitrogens with zero attached hydrogens (tertiary/aromatic N) is 1. The van der Waals surface area contributed by atoms with Crippen LogP contribution >= 0.6 is 15.9 Å². The summed E-state index contributed by atoms with van der Waals surface area (Å²) in [4.78, 5) is 0. The summed E-state index contributed by atoms with van der Waals surface area (Å²) in [5.41, 5.74) is 0.397. The second-order valence-corrected chi connectivity index (χ2v) is 4.12. The van der Waals surface area contributed by atoms with E-state index in [4.69, 9.17) is 5.26 Å². The Morgan fingerprint density at radius 1 is 1.12 bits per heavy atom. The van der Waals surface area contributed by atoms with E-state index >= 15 is 0 Å². The molecule has 0 spiro atoms. The molecule has 0 aliphatic rings. The Morgan fingerprint density at radius 3 is 2.50 bits per heavy atom. The van der Waals surface area contributed by atoms with Gasteiger partial charge in [-0.1, -0.05) is 22.0 Å². The first-order chi connectivity index (χ1) is 7.61. The Balaban J connectivity index is 2.70. The van der Waals surface area contributed by atoms with Crippen LogP contribution in [-0.4, -0.2) is 0 Å². The molecule has 0 fully saturated rings. The molecule has 4 heteroatoms. The Bertz CT molecular complexity index is 587. The molecule has 0 N–H and O–H groups in total. The smallest absolute Gasteiger partial charge is 0.194 e. The van der Waals surface area contributed by atoms with Crippen LogP contribution in [-0.2, 0) is 0 Å². The normalized spacial score (nSPS) is 10.7. The highest BCUT2D eigenvalue weighted by Crippen LogP contribution is 2.31. The lowest BCUT2D eigenvalue weighted by Gasteiger charge is -2.05. The summed E-state index contributed by atoms with van der Waals surface area (Å²) in [5, 5.41) is 10.2. The molecule has 0 saturated carbocycles. The van der Waals surface area contributed by atoms with Gasteiger partial charge >= 0.3 is 6.43 Å². The van der Waals surface area contributed by atoms with Gasteiger partial charge in [0.1, 0.15) is 0 Å². The number of hydrogen-bond acceptors (Lipinski definition) is 1. The van der Waals surface area contributed by atoms with Crippen molar-refractivity contribution in [1.29, 1.82) is 5.26 Å². The third-order valence-corrected chi connectivity index (χ3v) is 2.91. The maximum atomic E-state index is 12.5. The van der Waals surface area contributed by atoms with Crippen molar-refractivity contribution in [2.24, 2.45) is 0 Å². The van der Waals surface area contributed by atoms with Crippen molar-refractivity contribution < 1.29 is 8.78 Å². The fraction of sp³-hybridized carbons (Fsp3) is 0. The molecule has 0 aliphatic heterocycles. The highest BCUT2D eigenvalue weighted by atomic mass is 79.9. The van der Waals surface area contributed by atoms with Gasteiger partial charge < -0.3 is 0 Å². The Morgan fingerprint density at radius 2 is 1.88 bits per heavy atom. The molecular weight excluding hydrogens is 276 g/mol. The number of hydrogen-bond donors (Lipinski definition) is 0. The van der Waals surface area contributed by atoms with Crippen LogP contribution in [0.1, 0.15) is 11.1 Å². The van der Waals surface area contributed by atoms with E-state index in [9.17, 15) is 8.78 Å². The summed E-state index contributed by atoms with van der Waals surface area (Å²) in [6.45, 7) is 0. The van der Waals surface area contributed by atoms with Gasteiger partial charge in [-0.25, -0.2) is 0 Å². The van der Waals surface area contributed by atoms with Gasteiger partial charge in [-0.15, -0.1) is 0 Å². The first-order valence-corrected chi connectivity index (χ1v) is 5.23. The molecule has 0 bridgehead atoms. The predicted molar refractivity (Wildman–Crippen MR) is 60.9 cm³/mol. The van der Waals surface area contributed by atoms with E-state index < -0.39 is 6.43 Å². The molecule has 16 heavy (non-hydrogen) atoms. The average Bonchev–Trinajstić information content (AvgIpc) is 2.27. The van der Waals surface area contributed by atoms with Gasteiger partial charge in [-0.3, -0.25) is 0 Å². The van der Waals surface area contributed by atoms with Gasteiger partial charge in [0.2, 0.25) is 0 Å². The first-order valence-electron chi connectivity index (χ1n) is 4.43. The van der Waals surface area contributed by atoms with E-state index in [1.54, 1.807) is 24.3 Å². The van der Waals surface area contributed by atoms with Crippen molar-refractivity contribution in [3.05, 3.63) is 52.4 Å². The Hall–Kier alpha value is -1.47. The number of fused-ring (bicyclic) bond motifs is 1. The molecule has 0 atom stereocenters. The van der Waals surface area contributed by atoms with E-state index in [1.165, 1.54) is 6.07 Å². The van der Waals surface area contributed by atoms with E-state index in [-0.39, 0.29) is 5.56 Å². The molecule has 2 rings (SSSR count). The summed E-state index contributed by atoms with van der Waals surface area (Å²) in [6.07, 6.45) is -1.72. The summed E-state index contributed by atoms with van der Waals surface area (Å²) in [6, 6.07) is 9.93. The topological polar surface area (TPSA) is 23.8 Å². The molecule has 2 aromatic rings. The summed E-state index contributed by atoms with van der Waals surface area (Å²) < 4.78 is 25.4. The third kappa shape index (κ3) is 1.91. The SMILES string of the molecule is N#Cc1ccc2cc([C](F)F)c(Br)cc2c1. The minimum absolute atomic E-state index is 0.114. The van der Waals surface area contributed by atoms with Crippen LogP contribution < -0.4 is 0 Å². The standard InChI is InChI=1S/C12H5BrF2N/c13-11-5-9-3-7(6-16)1-2-8(9)4-10(11)12(14)15/h1-5H. The molecule has 0 aliphatic carbocycles. The molecular formula is C12H5BrF2N. The van der Waals surface area contributed by atoms with E-state index in [1.807, 2.05) is 6.07 Å². The number of benzene rings is 2. The number of rotatable bonds is 1. The quantitative estimate of drug-likeness (QED) is 0.766. The van der Waals surface area contributed by atoms with Crippen LogP contribution in [0.15, 0.2) is 34.8 Å². The highest BCUT2D eigenvalue weighted by molar-refractivity contribution is 9.10. The Kier molecular flexibility index (Phi) is 2.88. The van der Waals surface area contributed by atoms with Crippen molar-refractivity contribution in [2.75, 3.05) is 0 Å². The molecule has 79 valence electrons. The second kappa shape index (κ2) is 4.18. The van der Waals surface area contributed by atoms with Crippen LogP contribution in [0.25, 0.3) is 10.8 Å². The van der Waals surface area contributed by atoms with Crippen molar-refractivity contribution in [2.45, 2.75) is 0 Å². The van der Waals surface area contributed by atoms with Crippen molar-refractivity contribution in [3.63, 3.8) is 0 Å². The van der Waals surface area contributed by atoms with Crippen LogP contribution in [0.5, 0.6) is 0 Å². The average molecular weight is 281 g/mol. The molecule has 1 radical (unpaired) electrons. The number of nitriles is 1. The van der Waals surface area contributed by atoms with Crippen LogP contribution in [0, 0.1) is 17.8 Å². The minimum atomic E-state index is -1.72. The molecule has 0 heterocycles. The lowest BCUT2D eigenvalue weighted by Crippen LogP contribution is -1.88. The molecule has 0 saturated heterocycles. The van der Waals surface area contributed by atoms with Crippen LogP contribution in [0.3, 0.4) is 0 Å². The van der Waals surface area contributed by atoms with Crippen molar-refractivity contribution in [3.8, 4) is 6.07 Å². The zero-order valence-corrected chi connectivity index (χ0v) is 9.55. The zero-order valence-electron chi connectivity index (χ0n) is 7.97. The maximum absolute atomic E-state index is 12.5. The van der Waals surface area contributed by atoms with E-state index in [2.05, 4.69) is 15.9 Å². The van der Waals surface area contributed by atoms with Crippen molar-refractivity contribution in [1.82, 2.24) is 0 Å². The lowest BCUT2D eigenvalue weighted by molar-refractivity contribution is 0.324. The highest BCUT2D eigenvalue weighted by Gasteiger charge is 2.14. The fourth-order valence-corrected chi connectivity index (χ4v) is 2.00. The zero-order chi connectivity index (χ0) is 11.7. The van der Waals surface area contributed by atoms with E-state index in [0.29, 0.717) is 15.4 Å². The minimum Gasteiger partial charge on any atom is -0.194 e. The molecule has 2 aromatic carbocycles. The third-order valence-electron chi connectivity index (χ3n) is 2.26. The van der Waals surface area contributed by atoms with Crippen molar-refractivity contribution >= 4 is 26.7 Å². The van der Waals surface area contributed by atoms with E-state index in [0.717, 1.165) is 5.39 Å². The summed E-state index contributed by atoms with van der Waals surface area (Å²) in [5.74, 6) is 0. The van der Waals surface area contributed by atoms with Crippen LogP contribution in [0.2, 0.25) is 0 Å². The van der Waals surface area contributed by atoms with Gasteiger partial charge in [0.15, 0.2) is 0 Å². The van der Waals surface area contributed by atoms with Crippen LogP contribution in [0.4, 0.5) is 8.78 Å². The largest absolute Gasteiger partial charge is 0.340 e. The molecule has 0 unspecified atom stereocenters. The van der Waals surface area contributed by atoms with Gasteiger partial charge in [0, 0.05) is 10.0 Å².